The van der Waals surface area contributed by atoms with E-state index in [1.165, 1.54) is 0 Å². The molecule has 1 amide bonds. The third kappa shape index (κ3) is 2.31. The number of amides is 1. The van der Waals surface area contributed by atoms with Crippen molar-refractivity contribution < 1.29 is 4.79 Å². The van der Waals surface area contributed by atoms with Crippen LogP contribution in [0.15, 0.2) is 12.2 Å². The second kappa shape index (κ2) is 4.42. The number of carbonyl (C=O) groups is 1. The van der Waals surface area contributed by atoms with Crippen molar-refractivity contribution >= 4 is 5.91 Å². The molecule has 0 aromatic carbocycles. The molecule has 2 atom stereocenters. The third-order valence-corrected chi connectivity index (χ3v) is 2.94. The third-order valence-electron chi connectivity index (χ3n) is 2.94. The number of nitrogens with two attached hydrogens (primary N) is 2. The van der Waals surface area contributed by atoms with Crippen LogP contribution in [0.5, 0.6) is 0 Å². The van der Waals surface area contributed by atoms with E-state index in [1.54, 1.807) is 0 Å². The van der Waals surface area contributed by atoms with Gasteiger partial charge < -0.3 is 11.5 Å². The molecule has 0 aromatic rings. The second-order valence-electron chi connectivity index (χ2n) is 3.55. The molecule has 0 aliphatic carbocycles. The zero-order chi connectivity index (χ0) is 10.6. The molecule has 0 saturated heterocycles. The quantitative estimate of drug-likeness (QED) is 0.630. The highest BCUT2D eigenvalue weighted by Crippen LogP contribution is 2.27. The molecule has 13 heavy (non-hydrogen) atoms. The minimum absolute atomic E-state index is 0.220. The van der Waals surface area contributed by atoms with Crippen molar-refractivity contribution in [1.29, 1.82) is 0 Å². The average molecular weight is 184 g/mol. The summed E-state index contributed by atoms with van der Waals surface area (Å²) in [6.45, 7) is 9.66. The molecule has 2 unspecified atom stereocenters. The first-order chi connectivity index (χ1) is 5.90. The van der Waals surface area contributed by atoms with Crippen molar-refractivity contribution in [3.8, 4) is 0 Å². The number of rotatable bonds is 5. The molecular formula is C10H20N2O. The average Bonchev–Trinajstić information content (AvgIpc) is 2.13. The maximum absolute atomic E-state index is 11.0. The molecular weight excluding hydrogens is 164 g/mol. The first-order valence-electron chi connectivity index (χ1n) is 4.68. The Balaban J connectivity index is 4.82. The molecule has 0 radical (unpaired) electrons. The Bertz CT molecular complexity index is 213. The normalized spacial score (nSPS) is 17.5. The summed E-state index contributed by atoms with van der Waals surface area (Å²) in [5, 5.41) is 0. The van der Waals surface area contributed by atoms with Gasteiger partial charge in [0.15, 0.2) is 0 Å². The van der Waals surface area contributed by atoms with E-state index >= 15 is 0 Å². The number of hydrogen-bond acceptors (Lipinski definition) is 2. The predicted octanol–water partition coefficient (Wildman–Crippen LogP) is 1.18. The lowest BCUT2D eigenvalue weighted by Gasteiger charge is -2.34. The zero-order valence-corrected chi connectivity index (χ0v) is 8.76. The van der Waals surface area contributed by atoms with Crippen molar-refractivity contribution in [2.24, 2.45) is 17.4 Å². The minimum atomic E-state index is -0.638. The molecule has 0 spiro atoms. The summed E-state index contributed by atoms with van der Waals surface area (Å²) in [6, 6.07) is 0. The van der Waals surface area contributed by atoms with Crippen LogP contribution in [0, 0.1) is 5.92 Å². The lowest BCUT2D eigenvalue weighted by Crippen LogP contribution is -2.50. The first kappa shape index (κ1) is 12.2. The summed E-state index contributed by atoms with van der Waals surface area (Å²) in [4.78, 5) is 11.0. The molecule has 0 heterocycles. The molecule has 0 aliphatic rings. The summed E-state index contributed by atoms with van der Waals surface area (Å²) >= 11 is 0. The minimum Gasteiger partial charge on any atom is -0.366 e. The molecule has 3 nitrogen and oxygen atoms in total. The largest absolute Gasteiger partial charge is 0.366 e. The van der Waals surface area contributed by atoms with Gasteiger partial charge in [0.2, 0.25) is 5.91 Å². The summed E-state index contributed by atoms with van der Waals surface area (Å²) in [7, 11) is 0. The van der Waals surface area contributed by atoms with E-state index in [4.69, 9.17) is 11.5 Å². The van der Waals surface area contributed by atoms with E-state index in [0.717, 1.165) is 6.42 Å². The van der Waals surface area contributed by atoms with Crippen LogP contribution in [0.2, 0.25) is 0 Å². The van der Waals surface area contributed by atoms with E-state index in [2.05, 4.69) is 6.58 Å². The summed E-state index contributed by atoms with van der Waals surface area (Å²) in [5.41, 5.74) is 11.0. The van der Waals surface area contributed by atoms with Gasteiger partial charge in [0.1, 0.15) is 0 Å². The Morgan fingerprint density at radius 3 is 2.23 bits per heavy atom. The molecule has 0 aliphatic heterocycles. The van der Waals surface area contributed by atoms with Gasteiger partial charge in [0, 0.05) is 11.1 Å². The van der Waals surface area contributed by atoms with Crippen molar-refractivity contribution in [2.45, 2.75) is 39.2 Å². The molecule has 76 valence electrons. The van der Waals surface area contributed by atoms with Crippen molar-refractivity contribution in [1.82, 2.24) is 0 Å². The molecule has 0 rings (SSSR count). The summed E-state index contributed by atoms with van der Waals surface area (Å²) in [6.07, 6.45) is 1.60. The fourth-order valence-electron chi connectivity index (χ4n) is 1.45. The van der Waals surface area contributed by atoms with Crippen LogP contribution >= 0.6 is 0 Å². The van der Waals surface area contributed by atoms with Crippen LogP contribution in [-0.4, -0.2) is 11.4 Å². The van der Waals surface area contributed by atoms with Crippen LogP contribution in [-0.2, 0) is 4.79 Å². The van der Waals surface area contributed by atoms with Crippen LogP contribution in [0.1, 0.15) is 33.6 Å². The Kier molecular flexibility index (Phi) is 4.14. The smallest absolute Gasteiger partial charge is 0.245 e. The van der Waals surface area contributed by atoms with Gasteiger partial charge in [-0.15, -0.1) is 0 Å². The van der Waals surface area contributed by atoms with Gasteiger partial charge in [0.05, 0.1) is 0 Å². The fraction of sp³-hybridized carbons (Fsp3) is 0.700. The van der Waals surface area contributed by atoms with E-state index in [9.17, 15) is 4.79 Å². The number of primary amides is 1. The SMILES string of the molecule is C=C(C(N)=O)C(N)(CC)C(C)CC. The van der Waals surface area contributed by atoms with E-state index in [1.807, 2.05) is 20.8 Å². The van der Waals surface area contributed by atoms with Crippen molar-refractivity contribution in [3.05, 3.63) is 12.2 Å². The molecule has 0 saturated carbocycles. The van der Waals surface area contributed by atoms with Gasteiger partial charge >= 0.3 is 0 Å². The zero-order valence-electron chi connectivity index (χ0n) is 8.76. The van der Waals surface area contributed by atoms with Gasteiger partial charge in [-0.25, -0.2) is 0 Å². The standard InChI is InChI=1S/C10H20N2O/c1-5-7(3)10(12,6-2)8(4)9(11)13/h7H,4-6,12H2,1-3H3,(H2,11,13). The molecule has 0 bridgehead atoms. The lowest BCUT2D eigenvalue weighted by molar-refractivity contribution is -0.115. The van der Waals surface area contributed by atoms with Gasteiger partial charge in [-0.1, -0.05) is 33.8 Å². The molecule has 4 N–H and O–H groups in total. The maximum atomic E-state index is 11.0. The van der Waals surface area contributed by atoms with Crippen molar-refractivity contribution in [2.75, 3.05) is 0 Å². The monoisotopic (exact) mass is 184 g/mol. The van der Waals surface area contributed by atoms with Crippen LogP contribution in [0.25, 0.3) is 0 Å². The predicted molar refractivity (Wildman–Crippen MR) is 55.0 cm³/mol. The molecule has 0 aromatic heterocycles. The van der Waals surface area contributed by atoms with E-state index in [-0.39, 0.29) is 5.92 Å². The van der Waals surface area contributed by atoms with Gasteiger partial charge in [0.25, 0.3) is 0 Å². The number of hydrogen-bond donors (Lipinski definition) is 2. The van der Waals surface area contributed by atoms with E-state index < -0.39 is 11.4 Å². The highest BCUT2D eigenvalue weighted by molar-refractivity contribution is 5.93. The maximum Gasteiger partial charge on any atom is 0.245 e. The van der Waals surface area contributed by atoms with Gasteiger partial charge in [-0.05, 0) is 12.3 Å². The highest BCUT2D eigenvalue weighted by Gasteiger charge is 2.34. The van der Waals surface area contributed by atoms with Gasteiger partial charge in [-0.3, -0.25) is 4.79 Å². The Morgan fingerprint density at radius 2 is 2.00 bits per heavy atom. The van der Waals surface area contributed by atoms with E-state index in [0.29, 0.717) is 12.0 Å². The Labute approximate surface area is 80.2 Å². The first-order valence-corrected chi connectivity index (χ1v) is 4.68. The molecule has 3 heteroatoms. The Hall–Kier alpha value is -0.830. The van der Waals surface area contributed by atoms with Gasteiger partial charge in [-0.2, -0.15) is 0 Å². The van der Waals surface area contributed by atoms with Crippen LogP contribution in [0.3, 0.4) is 0 Å². The topological polar surface area (TPSA) is 69.1 Å². The highest BCUT2D eigenvalue weighted by atomic mass is 16.1. The second-order valence-corrected chi connectivity index (χ2v) is 3.55. The van der Waals surface area contributed by atoms with Crippen LogP contribution in [0.4, 0.5) is 0 Å². The van der Waals surface area contributed by atoms with Crippen LogP contribution < -0.4 is 11.5 Å². The molecule has 0 fully saturated rings. The fourth-order valence-corrected chi connectivity index (χ4v) is 1.45. The Morgan fingerprint density at radius 1 is 1.54 bits per heavy atom. The summed E-state index contributed by atoms with van der Waals surface area (Å²) in [5.74, 6) is -0.276. The number of carbonyl (C=O) groups excluding carboxylic acids is 1. The van der Waals surface area contributed by atoms with Crippen molar-refractivity contribution in [3.63, 3.8) is 0 Å². The lowest BCUT2D eigenvalue weighted by atomic mass is 9.76. The summed E-state index contributed by atoms with van der Waals surface area (Å²) < 4.78 is 0.